The molecule has 21 heavy (non-hydrogen) atoms. The molecule has 5 nitrogen and oxygen atoms in total. The minimum Gasteiger partial charge on any atom is -0.366 e. The molecule has 3 amide bonds. The summed E-state index contributed by atoms with van der Waals surface area (Å²) in [6, 6.07) is 9.50. The molecule has 2 aromatic rings. The van der Waals surface area contributed by atoms with Gasteiger partial charge in [-0.1, -0.05) is 12.1 Å². The first kappa shape index (κ1) is 13.0. The smallest absolute Gasteiger partial charge is 0.266 e. The minimum absolute atomic E-state index is 0.0166. The van der Waals surface area contributed by atoms with Crippen molar-refractivity contribution < 1.29 is 18.8 Å². The first-order valence-corrected chi connectivity index (χ1v) is 6.08. The third-order valence-corrected chi connectivity index (χ3v) is 3.27. The molecular weight excluding hydrogens is 275 g/mol. The maximum atomic E-state index is 14.0. The average molecular weight is 284 g/mol. The molecule has 1 aliphatic rings. The van der Waals surface area contributed by atoms with Crippen molar-refractivity contribution in [2.45, 2.75) is 0 Å². The number of anilines is 1. The molecule has 2 aromatic carbocycles. The number of nitrogens with two attached hydrogens (primary N) is 1. The van der Waals surface area contributed by atoms with Crippen molar-refractivity contribution in [3.05, 3.63) is 65.0 Å². The van der Waals surface area contributed by atoms with E-state index in [0.717, 1.165) is 12.1 Å². The van der Waals surface area contributed by atoms with Crippen LogP contribution in [0.15, 0.2) is 42.5 Å². The summed E-state index contributed by atoms with van der Waals surface area (Å²) in [5.74, 6) is -2.81. The van der Waals surface area contributed by atoms with Crippen molar-refractivity contribution in [2.75, 3.05) is 4.90 Å². The van der Waals surface area contributed by atoms with Gasteiger partial charge in [-0.15, -0.1) is 0 Å². The van der Waals surface area contributed by atoms with E-state index in [2.05, 4.69) is 0 Å². The van der Waals surface area contributed by atoms with Gasteiger partial charge < -0.3 is 5.73 Å². The van der Waals surface area contributed by atoms with Gasteiger partial charge in [0, 0.05) is 5.56 Å². The Labute approximate surface area is 118 Å². The normalized spacial score (nSPS) is 13.5. The Balaban J connectivity index is 2.15. The van der Waals surface area contributed by atoms with Crippen LogP contribution < -0.4 is 10.6 Å². The number of hydrogen-bond acceptors (Lipinski definition) is 3. The van der Waals surface area contributed by atoms with Gasteiger partial charge in [0.1, 0.15) is 5.82 Å². The van der Waals surface area contributed by atoms with Crippen molar-refractivity contribution in [3.8, 4) is 0 Å². The van der Waals surface area contributed by atoms with Crippen molar-refractivity contribution in [1.82, 2.24) is 0 Å². The number of amides is 3. The Morgan fingerprint density at radius 3 is 2.10 bits per heavy atom. The number of nitrogens with zero attached hydrogens (tertiary/aromatic N) is 1. The topological polar surface area (TPSA) is 80.5 Å². The van der Waals surface area contributed by atoms with Gasteiger partial charge in [0.05, 0.1) is 16.8 Å². The zero-order chi connectivity index (χ0) is 15.1. The van der Waals surface area contributed by atoms with Crippen molar-refractivity contribution >= 4 is 23.4 Å². The number of benzene rings is 2. The number of carbonyl (C=O) groups excluding carboxylic acids is 3. The molecular formula is C15H9FN2O3. The monoisotopic (exact) mass is 284 g/mol. The maximum Gasteiger partial charge on any atom is 0.266 e. The molecule has 0 spiro atoms. The Morgan fingerprint density at radius 2 is 1.57 bits per heavy atom. The Morgan fingerprint density at radius 1 is 1.00 bits per heavy atom. The van der Waals surface area contributed by atoms with Crippen LogP contribution in [0.25, 0.3) is 0 Å². The van der Waals surface area contributed by atoms with E-state index in [-0.39, 0.29) is 22.4 Å². The number of imide groups is 1. The molecule has 0 saturated heterocycles. The van der Waals surface area contributed by atoms with Crippen LogP contribution in [-0.4, -0.2) is 17.7 Å². The van der Waals surface area contributed by atoms with Crippen LogP contribution in [-0.2, 0) is 0 Å². The Hall–Kier alpha value is -3.02. The van der Waals surface area contributed by atoms with E-state index >= 15 is 0 Å². The molecule has 0 aliphatic carbocycles. The fourth-order valence-corrected chi connectivity index (χ4v) is 2.25. The van der Waals surface area contributed by atoms with Crippen molar-refractivity contribution in [2.24, 2.45) is 5.73 Å². The zero-order valence-corrected chi connectivity index (χ0v) is 10.7. The quantitative estimate of drug-likeness (QED) is 0.853. The van der Waals surface area contributed by atoms with Gasteiger partial charge >= 0.3 is 0 Å². The molecule has 0 saturated carbocycles. The zero-order valence-electron chi connectivity index (χ0n) is 10.7. The van der Waals surface area contributed by atoms with Gasteiger partial charge in [0.2, 0.25) is 5.91 Å². The highest BCUT2D eigenvalue weighted by Gasteiger charge is 2.37. The van der Waals surface area contributed by atoms with Gasteiger partial charge in [0.15, 0.2) is 0 Å². The van der Waals surface area contributed by atoms with Crippen LogP contribution in [0.2, 0.25) is 0 Å². The second-order valence-corrected chi connectivity index (χ2v) is 4.52. The molecule has 1 aliphatic heterocycles. The number of fused-ring (bicyclic) bond motifs is 1. The predicted molar refractivity (Wildman–Crippen MR) is 72.5 cm³/mol. The van der Waals surface area contributed by atoms with Crippen LogP contribution in [0.4, 0.5) is 10.1 Å². The lowest BCUT2D eigenvalue weighted by atomic mass is 10.1. The van der Waals surface area contributed by atoms with Crippen LogP contribution >= 0.6 is 0 Å². The fraction of sp³-hybridized carbons (Fsp3) is 0. The molecule has 3 rings (SSSR count). The molecule has 0 aromatic heterocycles. The van der Waals surface area contributed by atoms with Gasteiger partial charge in [-0.2, -0.15) is 0 Å². The number of hydrogen-bond donors (Lipinski definition) is 1. The lowest BCUT2D eigenvalue weighted by molar-refractivity contribution is 0.0922. The lowest BCUT2D eigenvalue weighted by Gasteiger charge is -2.15. The summed E-state index contributed by atoms with van der Waals surface area (Å²) in [6.45, 7) is 0. The number of rotatable bonds is 2. The van der Waals surface area contributed by atoms with E-state index in [1.54, 1.807) is 12.1 Å². The number of carbonyl (C=O) groups is 3. The summed E-state index contributed by atoms with van der Waals surface area (Å²) >= 11 is 0. The Bertz CT molecular complexity index is 766. The van der Waals surface area contributed by atoms with Crippen LogP contribution in [0, 0.1) is 5.82 Å². The molecule has 0 radical (unpaired) electrons. The van der Waals surface area contributed by atoms with E-state index in [4.69, 9.17) is 5.73 Å². The molecule has 6 heteroatoms. The van der Waals surface area contributed by atoms with Crippen molar-refractivity contribution in [1.29, 1.82) is 0 Å². The highest BCUT2D eigenvalue weighted by atomic mass is 19.1. The molecule has 1 heterocycles. The van der Waals surface area contributed by atoms with Gasteiger partial charge in [0.25, 0.3) is 11.8 Å². The number of halogens is 1. The van der Waals surface area contributed by atoms with Crippen LogP contribution in [0.1, 0.15) is 31.1 Å². The molecule has 2 N–H and O–H groups in total. The van der Waals surface area contributed by atoms with Crippen LogP contribution in [0.5, 0.6) is 0 Å². The highest BCUT2D eigenvalue weighted by molar-refractivity contribution is 6.34. The largest absolute Gasteiger partial charge is 0.366 e. The number of primary amides is 1. The summed E-state index contributed by atoms with van der Waals surface area (Å²) in [5.41, 5.74) is 5.27. The molecule has 0 unspecified atom stereocenters. The molecule has 0 fully saturated rings. The first-order chi connectivity index (χ1) is 10.0. The summed E-state index contributed by atoms with van der Waals surface area (Å²) < 4.78 is 14.0. The molecule has 0 atom stereocenters. The van der Waals surface area contributed by atoms with Gasteiger partial charge in [-0.3, -0.25) is 14.4 Å². The third-order valence-electron chi connectivity index (χ3n) is 3.27. The SMILES string of the molecule is NC(=O)c1ccc(F)c(N2C(=O)c3ccccc3C2=O)c1. The standard InChI is InChI=1S/C15H9FN2O3/c16-11-6-5-8(13(17)19)7-12(11)18-14(20)9-3-1-2-4-10(9)15(18)21/h1-7H,(H2,17,19). The second kappa shape index (κ2) is 4.52. The van der Waals surface area contributed by atoms with Crippen LogP contribution in [0.3, 0.4) is 0 Å². The summed E-state index contributed by atoms with van der Waals surface area (Å²) in [4.78, 5) is 36.4. The lowest BCUT2D eigenvalue weighted by Crippen LogP contribution is -2.30. The summed E-state index contributed by atoms with van der Waals surface area (Å²) in [6.07, 6.45) is 0. The van der Waals surface area contributed by atoms with Gasteiger partial charge in [-0.25, -0.2) is 9.29 Å². The van der Waals surface area contributed by atoms with E-state index in [9.17, 15) is 18.8 Å². The van der Waals surface area contributed by atoms with E-state index in [0.29, 0.717) is 4.90 Å². The predicted octanol–water partition coefficient (Wildman–Crippen LogP) is 1.73. The summed E-state index contributed by atoms with van der Waals surface area (Å²) in [5, 5.41) is 0. The van der Waals surface area contributed by atoms with E-state index in [1.165, 1.54) is 18.2 Å². The third kappa shape index (κ3) is 1.88. The minimum atomic E-state index is -0.783. The van der Waals surface area contributed by atoms with Gasteiger partial charge in [-0.05, 0) is 30.3 Å². The second-order valence-electron chi connectivity index (χ2n) is 4.52. The van der Waals surface area contributed by atoms with Crippen molar-refractivity contribution in [3.63, 3.8) is 0 Å². The van der Waals surface area contributed by atoms with E-state index < -0.39 is 23.5 Å². The fourth-order valence-electron chi connectivity index (χ4n) is 2.25. The average Bonchev–Trinajstić information content (AvgIpc) is 2.72. The highest BCUT2D eigenvalue weighted by Crippen LogP contribution is 2.30. The Kier molecular flexibility index (Phi) is 2.79. The molecule has 0 bridgehead atoms. The first-order valence-electron chi connectivity index (χ1n) is 6.08. The molecule has 104 valence electrons. The maximum absolute atomic E-state index is 14.0. The van der Waals surface area contributed by atoms with E-state index in [1.807, 2.05) is 0 Å². The summed E-state index contributed by atoms with van der Waals surface area (Å²) in [7, 11) is 0.